The number of nitrogens with one attached hydrogen (secondary N) is 1. The summed E-state index contributed by atoms with van der Waals surface area (Å²) in [6.07, 6.45) is 1.23. The van der Waals surface area contributed by atoms with Gasteiger partial charge in [-0.25, -0.2) is 9.55 Å². The Morgan fingerprint density at radius 3 is 2.82 bits per heavy atom. The Labute approximate surface area is 126 Å². The van der Waals surface area contributed by atoms with Crippen molar-refractivity contribution in [2.75, 3.05) is 0 Å². The third-order valence-electron chi connectivity index (χ3n) is 3.56. The second-order valence-electron chi connectivity index (χ2n) is 5.13. The number of imidazole rings is 1. The van der Waals surface area contributed by atoms with Crippen LogP contribution < -0.4 is 5.43 Å². The van der Waals surface area contributed by atoms with E-state index in [1.165, 1.54) is 10.8 Å². The summed E-state index contributed by atoms with van der Waals surface area (Å²) in [4.78, 5) is 14.5. The molecule has 1 aromatic heterocycles. The molecule has 1 aromatic carbocycles. The molecular weight excluding hydrogens is 286 g/mol. The van der Waals surface area contributed by atoms with Crippen LogP contribution in [0.2, 0.25) is 0 Å². The zero-order valence-corrected chi connectivity index (χ0v) is 12.2. The molecule has 0 bridgehead atoms. The number of hydrogen-bond acceptors (Lipinski definition) is 6. The van der Waals surface area contributed by atoms with Crippen molar-refractivity contribution in [3.05, 3.63) is 58.0 Å². The van der Waals surface area contributed by atoms with Crippen LogP contribution in [-0.4, -0.2) is 20.4 Å². The zero-order valence-electron chi connectivity index (χ0n) is 12.2. The van der Waals surface area contributed by atoms with Gasteiger partial charge in [-0.2, -0.15) is 0 Å². The number of aryl methyl sites for hydroxylation is 1. The lowest BCUT2D eigenvalue weighted by atomic mass is 10.1. The normalized spacial score (nSPS) is 20.2. The highest BCUT2D eigenvalue weighted by Crippen LogP contribution is 2.27. The molecule has 1 unspecified atom stereocenters. The van der Waals surface area contributed by atoms with Crippen LogP contribution in [-0.2, 0) is 17.0 Å². The average Bonchev–Trinajstić information content (AvgIpc) is 3.06. The Balaban J connectivity index is 1.79. The van der Waals surface area contributed by atoms with Crippen LogP contribution in [0, 0.1) is 17.0 Å². The standard InChI is InChI=1S/C14H15N5O3/c1-10-15-8-13(19(20)21)18(10)9-12-16-17-14(2,22-12)11-6-4-3-5-7-11/h3-8,17H,9H2,1-2H3. The van der Waals surface area contributed by atoms with E-state index in [4.69, 9.17) is 4.74 Å². The summed E-state index contributed by atoms with van der Waals surface area (Å²) in [5.41, 5.74) is 3.09. The van der Waals surface area contributed by atoms with Gasteiger partial charge < -0.3 is 14.9 Å². The monoisotopic (exact) mass is 301 g/mol. The number of benzene rings is 1. The number of aromatic nitrogens is 2. The zero-order chi connectivity index (χ0) is 15.7. The van der Waals surface area contributed by atoms with E-state index in [9.17, 15) is 10.1 Å². The lowest BCUT2D eigenvalue weighted by Gasteiger charge is -2.23. The number of ether oxygens (including phenoxy) is 1. The molecule has 2 heterocycles. The molecule has 114 valence electrons. The Hall–Kier alpha value is -2.90. The highest BCUT2D eigenvalue weighted by atomic mass is 16.6. The minimum atomic E-state index is -0.778. The van der Waals surface area contributed by atoms with Gasteiger partial charge in [0, 0.05) is 19.4 Å². The maximum atomic E-state index is 11.0. The maximum Gasteiger partial charge on any atom is 0.343 e. The molecule has 0 aliphatic carbocycles. The molecule has 1 aliphatic rings. The molecule has 1 aliphatic heterocycles. The maximum absolute atomic E-state index is 11.0. The third-order valence-corrected chi connectivity index (χ3v) is 3.56. The van der Waals surface area contributed by atoms with Gasteiger partial charge in [0.1, 0.15) is 6.20 Å². The van der Waals surface area contributed by atoms with E-state index in [0.717, 1.165) is 5.56 Å². The van der Waals surface area contributed by atoms with Gasteiger partial charge in [-0.1, -0.05) is 30.3 Å². The van der Waals surface area contributed by atoms with Crippen LogP contribution in [0.4, 0.5) is 5.82 Å². The molecule has 0 radical (unpaired) electrons. The number of nitrogens with zero attached hydrogens (tertiary/aromatic N) is 4. The van der Waals surface area contributed by atoms with Gasteiger partial charge in [-0.15, -0.1) is 5.10 Å². The fourth-order valence-electron chi connectivity index (χ4n) is 2.33. The highest BCUT2D eigenvalue weighted by molar-refractivity contribution is 5.78. The van der Waals surface area contributed by atoms with E-state index in [0.29, 0.717) is 11.7 Å². The predicted octanol–water partition coefficient (Wildman–Crippen LogP) is 1.91. The quantitative estimate of drug-likeness (QED) is 0.687. The smallest absolute Gasteiger partial charge is 0.343 e. The van der Waals surface area contributed by atoms with Crippen LogP contribution >= 0.6 is 0 Å². The van der Waals surface area contributed by atoms with Crippen molar-refractivity contribution in [1.29, 1.82) is 0 Å². The number of rotatable bonds is 4. The topological polar surface area (TPSA) is 94.6 Å². The molecule has 2 aromatic rings. The van der Waals surface area contributed by atoms with Gasteiger partial charge in [0.05, 0.1) is 0 Å². The Morgan fingerprint density at radius 2 is 2.14 bits per heavy atom. The second-order valence-corrected chi connectivity index (χ2v) is 5.13. The summed E-state index contributed by atoms with van der Waals surface area (Å²) >= 11 is 0. The first kappa shape index (κ1) is 14.1. The summed E-state index contributed by atoms with van der Waals surface area (Å²) in [7, 11) is 0. The van der Waals surface area contributed by atoms with E-state index in [2.05, 4.69) is 15.5 Å². The predicted molar refractivity (Wildman–Crippen MR) is 79.1 cm³/mol. The SMILES string of the molecule is Cc1ncc([N+](=O)[O-])n1CC1=NNC(C)(c2ccccc2)O1. The molecule has 0 saturated carbocycles. The number of hydrogen-bond donors (Lipinski definition) is 1. The van der Waals surface area contributed by atoms with E-state index >= 15 is 0 Å². The Morgan fingerprint density at radius 1 is 1.41 bits per heavy atom. The first-order valence-electron chi connectivity index (χ1n) is 6.74. The number of hydrazone groups is 1. The van der Waals surface area contributed by atoms with Crippen molar-refractivity contribution in [2.24, 2.45) is 5.10 Å². The summed E-state index contributed by atoms with van der Waals surface area (Å²) < 4.78 is 7.32. The van der Waals surface area contributed by atoms with Crippen molar-refractivity contribution < 1.29 is 9.66 Å². The second kappa shape index (κ2) is 5.14. The fourth-order valence-corrected chi connectivity index (χ4v) is 2.33. The third kappa shape index (κ3) is 2.39. The van der Waals surface area contributed by atoms with Gasteiger partial charge in [-0.05, 0) is 4.92 Å². The molecule has 22 heavy (non-hydrogen) atoms. The van der Waals surface area contributed by atoms with Crippen molar-refractivity contribution in [2.45, 2.75) is 26.1 Å². The van der Waals surface area contributed by atoms with Crippen molar-refractivity contribution in [1.82, 2.24) is 15.0 Å². The highest BCUT2D eigenvalue weighted by Gasteiger charge is 2.36. The van der Waals surface area contributed by atoms with Crippen molar-refractivity contribution in [3.8, 4) is 0 Å². The molecule has 8 nitrogen and oxygen atoms in total. The molecular formula is C14H15N5O3. The fraction of sp³-hybridized carbons (Fsp3) is 0.286. The van der Waals surface area contributed by atoms with Crippen molar-refractivity contribution in [3.63, 3.8) is 0 Å². The van der Waals surface area contributed by atoms with Crippen LogP contribution in [0.1, 0.15) is 18.3 Å². The molecule has 8 heteroatoms. The molecule has 1 N–H and O–H groups in total. The molecule has 0 saturated heterocycles. The lowest BCUT2D eigenvalue weighted by Crippen LogP contribution is -2.34. The molecule has 3 rings (SSSR count). The van der Waals surface area contributed by atoms with Gasteiger partial charge in [0.15, 0.2) is 12.4 Å². The molecule has 0 amide bonds. The van der Waals surface area contributed by atoms with Gasteiger partial charge in [-0.3, -0.25) is 5.43 Å². The molecule has 0 spiro atoms. The van der Waals surface area contributed by atoms with Crippen LogP contribution in [0.25, 0.3) is 0 Å². The Bertz CT molecular complexity index is 740. The minimum absolute atomic E-state index is 0.0860. The van der Waals surface area contributed by atoms with E-state index < -0.39 is 10.6 Å². The molecule has 1 atom stereocenters. The largest absolute Gasteiger partial charge is 0.445 e. The summed E-state index contributed by atoms with van der Waals surface area (Å²) in [5.74, 6) is 0.819. The average molecular weight is 301 g/mol. The first-order chi connectivity index (χ1) is 10.5. The van der Waals surface area contributed by atoms with Crippen LogP contribution in [0.5, 0.6) is 0 Å². The van der Waals surface area contributed by atoms with Crippen LogP contribution in [0.15, 0.2) is 41.6 Å². The van der Waals surface area contributed by atoms with Gasteiger partial charge >= 0.3 is 5.82 Å². The van der Waals surface area contributed by atoms with Gasteiger partial charge in [0.25, 0.3) is 5.90 Å². The molecule has 0 fully saturated rings. The van der Waals surface area contributed by atoms with E-state index in [-0.39, 0.29) is 12.4 Å². The summed E-state index contributed by atoms with van der Waals surface area (Å²) in [5, 5.41) is 15.2. The van der Waals surface area contributed by atoms with E-state index in [1.54, 1.807) is 6.92 Å². The summed E-state index contributed by atoms with van der Waals surface area (Å²) in [6, 6.07) is 9.59. The van der Waals surface area contributed by atoms with Crippen molar-refractivity contribution >= 4 is 11.7 Å². The number of nitro groups is 1. The minimum Gasteiger partial charge on any atom is -0.445 e. The summed E-state index contributed by atoms with van der Waals surface area (Å²) in [6.45, 7) is 3.71. The first-order valence-corrected chi connectivity index (χ1v) is 6.74. The van der Waals surface area contributed by atoms with E-state index in [1.807, 2.05) is 37.3 Å². The van der Waals surface area contributed by atoms with Gasteiger partial charge in [0.2, 0.25) is 5.72 Å². The lowest BCUT2D eigenvalue weighted by molar-refractivity contribution is -0.392. The van der Waals surface area contributed by atoms with Crippen LogP contribution in [0.3, 0.4) is 0 Å². The Kier molecular flexibility index (Phi) is 3.28.